The fourth-order valence-electron chi connectivity index (χ4n) is 3.40. The van der Waals surface area contributed by atoms with E-state index < -0.39 is 12.1 Å². The van der Waals surface area contributed by atoms with Crippen molar-refractivity contribution in [3.8, 4) is 0 Å². The Bertz CT molecular complexity index is 960. The van der Waals surface area contributed by atoms with Gasteiger partial charge in [0.25, 0.3) is 5.91 Å². The van der Waals surface area contributed by atoms with Gasteiger partial charge in [-0.05, 0) is 54.7 Å². The number of alkyl halides is 3. The average Bonchev–Trinajstić information content (AvgIpc) is 2.61. The molecule has 0 aromatic heterocycles. The number of aryl methyl sites for hydroxylation is 3. The van der Waals surface area contributed by atoms with Gasteiger partial charge in [-0.15, -0.1) is 0 Å². The zero-order valence-corrected chi connectivity index (χ0v) is 18.5. The molecule has 2 aromatic rings. The number of carbonyl (C=O) groups excluding carboxylic acids is 1. The number of carbonyl (C=O) groups is 1. The van der Waals surface area contributed by atoms with Crippen LogP contribution in [0.15, 0.2) is 36.4 Å². The van der Waals surface area contributed by atoms with E-state index in [1.165, 1.54) is 18.2 Å². The Hall–Kier alpha value is -1.92. The maximum absolute atomic E-state index is 13.7. The quantitative estimate of drug-likeness (QED) is 0.562. The normalized spacial score (nSPS) is 15.8. The molecule has 1 fully saturated rings. The van der Waals surface area contributed by atoms with Crippen molar-refractivity contribution in [2.45, 2.75) is 38.9 Å². The van der Waals surface area contributed by atoms with Crippen LogP contribution < -0.4 is 5.32 Å². The molecule has 1 heterocycles. The van der Waals surface area contributed by atoms with Crippen LogP contribution in [0.4, 0.5) is 13.2 Å². The third-order valence-electron chi connectivity index (χ3n) is 5.12. The van der Waals surface area contributed by atoms with E-state index >= 15 is 0 Å². The summed E-state index contributed by atoms with van der Waals surface area (Å²) in [7, 11) is 0. The number of allylic oxidation sites excluding steroid dienone is 1. The summed E-state index contributed by atoms with van der Waals surface area (Å²) >= 11 is 7.89. The maximum Gasteiger partial charge on any atom is 0.399 e. The fraction of sp³-hybridized carbons (Fsp3) is 0.348. The van der Waals surface area contributed by atoms with Crippen molar-refractivity contribution in [2.75, 3.05) is 11.5 Å². The van der Waals surface area contributed by atoms with Crippen molar-refractivity contribution in [2.24, 2.45) is 0 Å². The number of halogens is 4. The number of thioether (sulfide) groups is 1. The highest BCUT2D eigenvalue weighted by Crippen LogP contribution is 2.38. The first-order chi connectivity index (χ1) is 14.1. The Labute approximate surface area is 183 Å². The molecule has 1 amide bonds. The Morgan fingerprint density at radius 1 is 1.13 bits per heavy atom. The van der Waals surface area contributed by atoms with E-state index in [0.717, 1.165) is 23.1 Å². The monoisotopic (exact) mass is 453 g/mol. The number of hydrogen-bond acceptors (Lipinski definition) is 2. The molecule has 1 unspecified atom stereocenters. The summed E-state index contributed by atoms with van der Waals surface area (Å²) in [5.41, 5.74) is 3.27. The molecule has 0 spiro atoms. The van der Waals surface area contributed by atoms with E-state index in [9.17, 15) is 18.0 Å². The van der Waals surface area contributed by atoms with Gasteiger partial charge in [-0.3, -0.25) is 4.79 Å². The highest BCUT2D eigenvalue weighted by molar-refractivity contribution is 8.00. The molecule has 3 rings (SSSR count). The van der Waals surface area contributed by atoms with E-state index in [1.54, 1.807) is 50.7 Å². The molecule has 0 saturated carbocycles. The fourth-order valence-corrected chi connectivity index (χ4v) is 4.15. The van der Waals surface area contributed by atoms with Crippen molar-refractivity contribution in [3.63, 3.8) is 0 Å². The van der Waals surface area contributed by atoms with Gasteiger partial charge in [-0.2, -0.15) is 24.9 Å². The van der Waals surface area contributed by atoms with Gasteiger partial charge in [0.15, 0.2) is 0 Å². The van der Waals surface area contributed by atoms with Crippen LogP contribution in [0, 0.1) is 20.8 Å². The van der Waals surface area contributed by atoms with Gasteiger partial charge in [0, 0.05) is 28.1 Å². The first-order valence-corrected chi connectivity index (χ1v) is 11.1. The first-order valence-electron chi connectivity index (χ1n) is 9.57. The van der Waals surface area contributed by atoms with Crippen molar-refractivity contribution >= 4 is 35.3 Å². The molecule has 1 saturated heterocycles. The van der Waals surface area contributed by atoms with Crippen LogP contribution in [0.25, 0.3) is 6.08 Å². The summed E-state index contributed by atoms with van der Waals surface area (Å²) in [6.07, 6.45) is -1.82. The first kappa shape index (κ1) is 22.8. The van der Waals surface area contributed by atoms with Gasteiger partial charge >= 0.3 is 6.18 Å². The van der Waals surface area contributed by atoms with Gasteiger partial charge in [-0.25, -0.2) is 0 Å². The number of amides is 1. The van der Waals surface area contributed by atoms with Crippen molar-refractivity contribution in [1.82, 2.24) is 5.32 Å². The second-order valence-electron chi connectivity index (χ2n) is 7.63. The highest BCUT2D eigenvalue weighted by Gasteiger charge is 2.39. The number of nitrogens with one attached hydrogen (secondary N) is 1. The lowest BCUT2D eigenvalue weighted by atomic mass is 9.93. The highest BCUT2D eigenvalue weighted by atomic mass is 35.5. The van der Waals surface area contributed by atoms with E-state index in [4.69, 9.17) is 11.6 Å². The standard InChI is InChI=1S/C23H23ClF3NOS/c1-13-8-16(4-6-19(13)22(29)28-18-11-30-12-18)5-7-20(23(25,26)27)17-9-14(2)21(24)15(3)10-17/h4-10,18,20H,11-12H2,1-3H3,(H,28,29)/b7-5+. The van der Waals surface area contributed by atoms with Crippen LogP contribution in [-0.4, -0.2) is 29.6 Å². The van der Waals surface area contributed by atoms with Gasteiger partial charge in [0.2, 0.25) is 0 Å². The Kier molecular flexibility index (Phi) is 6.88. The Morgan fingerprint density at radius 3 is 2.27 bits per heavy atom. The van der Waals surface area contributed by atoms with Gasteiger partial charge in [0.1, 0.15) is 0 Å². The van der Waals surface area contributed by atoms with Gasteiger partial charge < -0.3 is 5.32 Å². The lowest BCUT2D eigenvalue weighted by Gasteiger charge is -2.26. The lowest BCUT2D eigenvalue weighted by molar-refractivity contribution is -0.139. The van der Waals surface area contributed by atoms with Crippen LogP contribution in [0.1, 0.15) is 44.1 Å². The zero-order valence-electron chi connectivity index (χ0n) is 16.9. The predicted molar refractivity (Wildman–Crippen MR) is 119 cm³/mol. The van der Waals surface area contributed by atoms with Gasteiger partial charge in [-0.1, -0.05) is 48.0 Å². The Morgan fingerprint density at radius 2 is 1.77 bits per heavy atom. The topological polar surface area (TPSA) is 29.1 Å². The summed E-state index contributed by atoms with van der Waals surface area (Å²) in [4.78, 5) is 12.4. The molecule has 160 valence electrons. The molecule has 0 aliphatic carbocycles. The zero-order chi connectivity index (χ0) is 22.1. The van der Waals surface area contributed by atoms with Crippen molar-refractivity contribution < 1.29 is 18.0 Å². The van der Waals surface area contributed by atoms with E-state index in [0.29, 0.717) is 27.3 Å². The summed E-state index contributed by atoms with van der Waals surface area (Å²) in [6, 6.07) is 8.21. The molecule has 1 atom stereocenters. The van der Waals surface area contributed by atoms with Crippen LogP contribution in [-0.2, 0) is 0 Å². The largest absolute Gasteiger partial charge is 0.399 e. The lowest BCUT2D eigenvalue weighted by Crippen LogP contribution is -2.44. The van der Waals surface area contributed by atoms with E-state index in [-0.39, 0.29) is 17.5 Å². The molecule has 0 bridgehead atoms. The van der Waals surface area contributed by atoms with Crippen LogP contribution >= 0.6 is 23.4 Å². The predicted octanol–water partition coefficient (Wildman–Crippen LogP) is 6.47. The van der Waals surface area contributed by atoms with Crippen LogP contribution in [0.3, 0.4) is 0 Å². The van der Waals surface area contributed by atoms with Crippen LogP contribution in [0.5, 0.6) is 0 Å². The molecular formula is C23H23ClF3NOS. The third kappa shape index (κ3) is 5.22. The molecule has 0 radical (unpaired) electrons. The van der Waals surface area contributed by atoms with Gasteiger partial charge in [0.05, 0.1) is 5.92 Å². The molecule has 1 N–H and O–H groups in total. The molecule has 30 heavy (non-hydrogen) atoms. The molecule has 2 nitrogen and oxygen atoms in total. The van der Waals surface area contributed by atoms with Crippen molar-refractivity contribution in [3.05, 3.63) is 74.8 Å². The molecule has 1 aliphatic rings. The Balaban J connectivity index is 1.84. The number of rotatable bonds is 5. The second kappa shape index (κ2) is 9.06. The third-order valence-corrected chi connectivity index (χ3v) is 6.99. The summed E-state index contributed by atoms with van der Waals surface area (Å²) in [5.74, 6) is -0.0671. The molecule has 2 aromatic carbocycles. The summed E-state index contributed by atoms with van der Waals surface area (Å²) in [6.45, 7) is 5.19. The SMILES string of the molecule is Cc1cc(/C=C/C(c2cc(C)c(Cl)c(C)c2)C(F)(F)F)ccc1C(=O)NC1CSC1. The smallest absolute Gasteiger partial charge is 0.348 e. The average molecular weight is 454 g/mol. The molecule has 1 aliphatic heterocycles. The summed E-state index contributed by atoms with van der Waals surface area (Å²) in [5, 5.41) is 3.44. The second-order valence-corrected chi connectivity index (χ2v) is 9.08. The van der Waals surface area contributed by atoms with E-state index in [1.807, 2.05) is 0 Å². The molecular weight excluding hydrogens is 431 g/mol. The minimum Gasteiger partial charge on any atom is -0.348 e. The maximum atomic E-state index is 13.7. The number of benzene rings is 2. The summed E-state index contributed by atoms with van der Waals surface area (Å²) < 4.78 is 41.2. The minimum atomic E-state index is -4.43. The minimum absolute atomic E-state index is 0.145. The number of hydrogen-bond donors (Lipinski definition) is 1. The van der Waals surface area contributed by atoms with Crippen LogP contribution in [0.2, 0.25) is 5.02 Å². The van der Waals surface area contributed by atoms with Crippen molar-refractivity contribution in [1.29, 1.82) is 0 Å². The van der Waals surface area contributed by atoms with E-state index in [2.05, 4.69) is 5.32 Å². The molecule has 7 heteroatoms.